The van der Waals surface area contributed by atoms with E-state index in [2.05, 4.69) is 15.9 Å². The average Bonchev–Trinajstić information content (AvgIpc) is 2.20. The van der Waals surface area contributed by atoms with E-state index in [0.29, 0.717) is 11.5 Å². The second kappa shape index (κ2) is 4.74. The first-order chi connectivity index (χ1) is 7.36. The van der Waals surface area contributed by atoms with Gasteiger partial charge >= 0.3 is 5.97 Å². The highest BCUT2D eigenvalue weighted by molar-refractivity contribution is 9.10. The number of carboxylic acids is 1. The largest absolute Gasteiger partial charge is 0.493 e. The maximum absolute atomic E-state index is 10.9. The highest BCUT2D eigenvalue weighted by Gasteiger charge is 2.30. The van der Waals surface area contributed by atoms with E-state index in [0.717, 1.165) is 4.47 Å². The number of hydrogen-bond acceptors (Lipinski definition) is 3. The van der Waals surface area contributed by atoms with Gasteiger partial charge in [-0.25, -0.2) is 4.79 Å². The molecule has 0 radical (unpaired) electrons. The van der Waals surface area contributed by atoms with Crippen LogP contribution in [0.4, 0.5) is 0 Å². The molecule has 0 fully saturated rings. The summed E-state index contributed by atoms with van der Waals surface area (Å²) in [6.45, 7) is 2.97. The van der Waals surface area contributed by atoms with Crippen molar-refractivity contribution in [3.8, 4) is 11.5 Å². The van der Waals surface area contributed by atoms with Crippen LogP contribution in [0, 0.1) is 0 Å². The molecule has 16 heavy (non-hydrogen) atoms. The van der Waals surface area contributed by atoms with Crippen LogP contribution in [0.5, 0.6) is 11.5 Å². The monoisotopic (exact) mass is 288 g/mol. The van der Waals surface area contributed by atoms with Crippen molar-refractivity contribution in [2.45, 2.75) is 19.4 Å². The zero-order chi connectivity index (χ0) is 12.3. The lowest BCUT2D eigenvalue weighted by Gasteiger charge is -2.22. The van der Waals surface area contributed by atoms with Crippen LogP contribution in [0.2, 0.25) is 0 Å². The van der Waals surface area contributed by atoms with Crippen LogP contribution < -0.4 is 9.47 Å². The maximum Gasteiger partial charge on any atom is 0.347 e. The lowest BCUT2D eigenvalue weighted by atomic mass is 10.1. The minimum Gasteiger partial charge on any atom is -0.493 e. The van der Waals surface area contributed by atoms with Gasteiger partial charge in [0.1, 0.15) is 0 Å². The van der Waals surface area contributed by atoms with Crippen molar-refractivity contribution in [1.29, 1.82) is 0 Å². The fraction of sp³-hybridized carbons (Fsp3) is 0.364. The number of halogens is 1. The van der Waals surface area contributed by atoms with Crippen molar-refractivity contribution in [2.75, 3.05) is 7.11 Å². The van der Waals surface area contributed by atoms with Crippen LogP contribution in [-0.4, -0.2) is 23.8 Å². The lowest BCUT2D eigenvalue weighted by molar-refractivity contribution is -0.152. The van der Waals surface area contributed by atoms with Gasteiger partial charge in [-0.15, -0.1) is 0 Å². The first-order valence-electron chi connectivity index (χ1n) is 4.63. The molecule has 0 aromatic heterocycles. The molecule has 5 heteroatoms. The van der Waals surface area contributed by atoms with Crippen LogP contribution >= 0.6 is 15.9 Å². The number of ether oxygens (including phenoxy) is 2. The molecule has 1 aromatic carbocycles. The average molecular weight is 289 g/mol. The Labute approximate surface area is 102 Å². The summed E-state index contributed by atoms with van der Waals surface area (Å²) in [5.74, 6) is -0.140. The quantitative estimate of drug-likeness (QED) is 0.926. The van der Waals surface area contributed by atoms with Crippen molar-refractivity contribution < 1.29 is 19.4 Å². The van der Waals surface area contributed by atoms with Crippen molar-refractivity contribution >= 4 is 21.9 Å². The van der Waals surface area contributed by atoms with Gasteiger partial charge in [-0.05, 0) is 32.0 Å². The molecule has 0 saturated heterocycles. The fourth-order valence-corrected chi connectivity index (χ4v) is 1.38. The van der Waals surface area contributed by atoms with Crippen molar-refractivity contribution in [1.82, 2.24) is 0 Å². The standard InChI is InChI=1S/C11H13BrO4/c1-11(2,10(13)14)16-8-5-4-7(12)6-9(8)15-3/h4-6H,1-3H3,(H,13,14). The van der Waals surface area contributed by atoms with Gasteiger partial charge in [-0.3, -0.25) is 0 Å². The van der Waals surface area contributed by atoms with Gasteiger partial charge in [-0.1, -0.05) is 15.9 Å². The summed E-state index contributed by atoms with van der Waals surface area (Å²) in [6.07, 6.45) is 0. The highest BCUT2D eigenvalue weighted by atomic mass is 79.9. The summed E-state index contributed by atoms with van der Waals surface area (Å²) >= 11 is 3.29. The summed E-state index contributed by atoms with van der Waals surface area (Å²) in [7, 11) is 1.50. The molecule has 0 atom stereocenters. The second-order valence-electron chi connectivity index (χ2n) is 3.71. The van der Waals surface area contributed by atoms with E-state index >= 15 is 0 Å². The minimum absolute atomic E-state index is 0.401. The van der Waals surface area contributed by atoms with Gasteiger partial charge in [-0.2, -0.15) is 0 Å². The molecule has 1 N–H and O–H groups in total. The second-order valence-corrected chi connectivity index (χ2v) is 4.63. The number of aliphatic carboxylic acids is 1. The SMILES string of the molecule is COc1cc(Br)ccc1OC(C)(C)C(=O)O. The normalized spacial score (nSPS) is 11.0. The molecular weight excluding hydrogens is 276 g/mol. The van der Waals surface area contributed by atoms with E-state index in [9.17, 15) is 4.79 Å². The number of benzene rings is 1. The van der Waals surface area contributed by atoms with Crippen molar-refractivity contribution in [2.24, 2.45) is 0 Å². The summed E-state index contributed by atoms with van der Waals surface area (Å²) in [5.41, 5.74) is -1.29. The molecule has 1 aromatic rings. The Morgan fingerprint density at radius 1 is 1.38 bits per heavy atom. The van der Waals surface area contributed by atoms with Crippen molar-refractivity contribution in [3.05, 3.63) is 22.7 Å². The Bertz CT molecular complexity index is 401. The summed E-state index contributed by atoms with van der Waals surface area (Å²) in [6, 6.07) is 5.14. The molecule has 0 heterocycles. The maximum atomic E-state index is 10.9. The molecular formula is C11H13BrO4. The molecule has 0 saturated carbocycles. The van der Waals surface area contributed by atoms with Crippen LogP contribution in [-0.2, 0) is 4.79 Å². The predicted molar refractivity (Wildman–Crippen MR) is 63.0 cm³/mol. The number of rotatable bonds is 4. The molecule has 0 aliphatic heterocycles. The van der Waals surface area contributed by atoms with Gasteiger partial charge in [0, 0.05) is 4.47 Å². The Morgan fingerprint density at radius 3 is 2.50 bits per heavy atom. The van der Waals surface area contributed by atoms with Crippen LogP contribution in [0.15, 0.2) is 22.7 Å². The Kier molecular flexibility index (Phi) is 3.80. The Morgan fingerprint density at radius 2 is 2.00 bits per heavy atom. The first kappa shape index (κ1) is 12.8. The Balaban J connectivity index is 3.01. The Hall–Kier alpha value is -1.23. The molecule has 0 bridgehead atoms. The van der Waals surface area contributed by atoms with Crippen LogP contribution in [0.1, 0.15) is 13.8 Å². The third kappa shape index (κ3) is 2.88. The zero-order valence-corrected chi connectivity index (χ0v) is 10.9. The van der Waals surface area contributed by atoms with E-state index in [1.54, 1.807) is 18.2 Å². The highest BCUT2D eigenvalue weighted by Crippen LogP contribution is 2.32. The smallest absolute Gasteiger partial charge is 0.347 e. The number of hydrogen-bond donors (Lipinski definition) is 1. The predicted octanol–water partition coefficient (Wildman–Crippen LogP) is 2.70. The third-order valence-corrected chi connectivity index (χ3v) is 2.50. The van der Waals surface area contributed by atoms with E-state index in [-0.39, 0.29) is 0 Å². The summed E-state index contributed by atoms with van der Waals surface area (Å²) in [4.78, 5) is 10.9. The van der Waals surface area contributed by atoms with Gasteiger partial charge in [0.2, 0.25) is 0 Å². The minimum atomic E-state index is -1.29. The first-order valence-corrected chi connectivity index (χ1v) is 5.42. The number of carbonyl (C=O) groups is 1. The fourth-order valence-electron chi connectivity index (χ4n) is 1.04. The van der Waals surface area contributed by atoms with Gasteiger partial charge in [0.25, 0.3) is 0 Å². The van der Waals surface area contributed by atoms with E-state index in [4.69, 9.17) is 14.6 Å². The van der Waals surface area contributed by atoms with Crippen molar-refractivity contribution in [3.63, 3.8) is 0 Å². The molecule has 4 nitrogen and oxygen atoms in total. The third-order valence-electron chi connectivity index (χ3n) is 2.01. The molecule has 0 amide bonds. The van der Waals surface area contributed by atoms with Gasteiger partial charge < -0.3 is 14.6 Å². The lowest BCUT2D eigenvalue weighted by Crippen LogP contribution is -2.37. The molecule has 88 valence electrons. The van der Waals surface area contributed by atoms with E-state index in [1.807, 2.05) is 0 Å². The van der Waals surface area contributed by atoms with Gasteiger partial charge in [0.15, 0.2) is 17.1 Å². The van der Waals surface area contributed by atoms with E-state index < -0.39 is 11.6 Å². The number of methoxy groups -OCH3 is 1. The molecule has 0 aliphatic rings. The molecule has 1 rings (SSSR count). The van der Waals surface area contributed by atoms with E-state index in [1.165, 1.54) is 21.0 Å². The topological polar surface area (TPSA) is 55.8 Å². The number of carboxylic acid groups (broad SMARTS) is 1. The molecule has 0 spiro atoms. The summed E-state index contributed by atoms with van der Waals surface area (Å²) in [5, 5.41) is 8.95. The zero-order valence-electron chi connectivity index (χ0n) is 9.28. The molecule has 0 unspecified atom stereocenters. The van der Waals surface area contributed by atoms with Crippen LogP contribution in [0.25, 0.3) is 0 Å². The van der Waals surface area contributed by atoms with Crippen LogP contribution in [0.3, 0.4) is 0 Å². The summed E-state index contributed by atoms with van der Waals surface area (Å²) < 4.78 is 11.3. The molecule has 0 aliphatic carbocycles. The van der Waals surface area contributed by atoms with Gasteiger partial charge in [0.05, 0.1) is 7.11 Å².